The number of hydrogen-bond donors (Lipinski definition) is 1. The predicted molar refractivity (Wildman–Crippen MR) is 104 cm³/mol. The lowest BCUT2D eigenvalue weighted by Crippen LogP contribution is -2.20. The van der Waals surface area contributed by atoms with E-state index < -0.39 is 0 Å². The lowest BCUT2D eigenvalue weighted by atomic mass is 10.0. The Morgan fingerprint density at radius 3 is 2.54 bits per heavy atom. The third-order valence-electron chi connectivity index (χ3n) is 4.36. The SMILES string of the molecule is CCC(NCc1ccc(OC)c(OCCCC#N)c1)c1ccc(C)cc1. The number of rotatable bonds is 10. The van der Waals surface area contributed by atoms with Crippen molar-refractivity contribution >= 4 is 0 Å². The van der Waals surface area contributed by atoms with E-state index in [1.807, 2.05) is 12.1 Å². The quantitative estimate of drug-likeness (QED) is 0.616. The maximum Gasteiger partial charge on any atom is 0.161 e. The van der Waals surface area contributed by atoms with Crippen molar-refractivity contribution in [2.24, 2.45) is 0 Å². The van der Waals surface area contributed by atoms with Gasteiger partial charge in [-0.2, -0.15) is 5.26 Å². The van der Waals surface area contributed by atoms with E-state index in [0.29, 0.717) is 25.5 Å². The molecule has 0 saturated carbocycles. The van der Waals surface area contributed by atoms with Crippen LogP contribution in [0.5, 0.6) is 11.5 Å². The van der Waals surface area contributed by atoms with Gasteiger partial charge < -0.3 is 14.8 Å². The summed E-state index contributed by atoms with van der Waals surface area (Å²) >= 11 is 0. The Balaban J connectivity index is 2.01. The average Bonchev–Trinajstić information content (AvgIpc) is 2.67. The van der Waals surface area contributed by atoms with Crippen LogP contribution in [0.25, 0.3) is 0 Å². The molecular formula is C22H28N2O2. The van der Waals surface area contributed by atoms with Gasteiger partial charge in [-0.05, 0) is 43.0 Å². The highest BCUT2D eigenvalue weighted by Gasteiger charge is 2.10. The average molecular weight is 352 g/mol. The van der Waals surface area contributed by atoms with Crippen LogP contribution in [-0.4, -0.2) is 13.7 Å². The number of benzene rings is 2. The van der Waals surface area contributed by atoms with Gasteiger partial charge in [0.2, 0.25) is 0 Å². The maximum atomic E-state index is 8.62. The first kappa shape index (κ1) is 19.8. The fourth-order valence-electron chi connectivity index (χ4n) is 2.81. The molecule has 2 aromatic rings. The van der Waals surface area contributed by atoms with Crippen molar-refractivity contribution in [3.05, 3.63) is 59.2 Å². The van der Waals surface area contributed by atoms with Crippen LogP contribution in [0.2, 0.25) is 0 Å². The van der Waals surface area contributed by atoms with Gasteiger partial charge >= 0.3 is 0 Å². The normalized spacial score (nSPS) is 11.6. The lowest BCUT2D eigenvalue weighted by Gasteiger charge is -2.18. The van der Waals surface area contributed by atoms with Crippen LogP contribution in [0.15, 0.2) is 42.5 Å². The molecular weight excluding hydrogens is 324 g/mol. The number of nitriles is 1. The van der Waals surface area contributed by atoms with E-state index in [9.17, 15) is 0 Å². The highest BCUT2D eigenvalue weighted by Crippen LogP contribution is 2.28. The summed E-state index contributed by atoms with van der Waals surface area (Å²) in [6.07, 6.45) is 2.24. The molecule has 0 spiro atoms. The minimum absolute atomic E-state index is 0.317. The van der Waals surface area contributed by atoms with Crippen LogP contribution in [0.4, 0.5) is 0 Å². The Labute approximate surface area is 156 Å². The second-order valence-corrected chi connectivity index (χ2v) is 6.35. The van der Waals surface area contributed by atoms with Gasteiger partial charge in [0.05, 0.1) is 19.8 Å². The number of methoxy groups -OCH3 is 1. The van der Waals surface area contributed by atoms with Crippen LogP contribution in [0.1, 0.15) is 48.9 Å². The van der Waals surface area contributed by atoms with Gasteiger partial charge in [-0.1, -0.05) is 42.8 Å². The Morgan fingerprint density at radius 2 is 1.88 bits per heavy atom. The zero-order valence-electron chi connectivity index (χ0n) is 15.9. The molecule has 0 amide bonds. The second-order valence-electron chi connectivity index (χ2n) is 6.35. The molecule has 0 saturated heterocycles. The first-order valence-electron chi connectivity index (χ1n) is 9.14. The van der Waals surface area contributed by atoms with Crippen molar-refractivity contribution in [3.63, 3.8) is 0 Å². The van der Waals surface area contributed by atoms with Gasteiger partial charge in [0.25, 0.3) is 0 Å². The second kappa shape index (κ2) is 10.5. The monoisotopic (exact) mass is 352 g/mol. The smallest absolute Gasteiger partial charge is 0.161 e. The van der Waals surface area contributed by atoms with E-state index in [-0.39, 0.29) is 0 Å². The van der Waals surface area contributed by atoms with E-state index in [2.05, 4.69) is 55.6 Å². The van der Waals surface area contributed by atoms with E-state index in [4.69, 9.17) is 14.7 Å². The van der Waals surface area contributed by atoms with Crippen molar-refractivity contribution in [3.8, 4) is 17.6 Å². The van der Waals surface area contributed by atoms with E-state index >= 15 is 0 Å². The Kier molecular flexibility index (Phi) is 7.98. The highest BCUT2D eigenvalue weighted by molar-refractivity contribution is 5.43. The number of nitrogens with zero attached hydrogens (tertiary/aromatic N) is 1. The maximum absolute atomic E-state index is 8.62. The number of ether oxygens (including phenoxy) is 2. The molecule has 1 atom stereocenters. The fourth-order valence-corrected chi connectivity index (χ4v) is 2.81. The molecule has 0 aliphatic rings. The summed E-state index contributed by atoms with van der Waals surface area (Å²) in [7, 11) is 1.64. The molecule has 0 radical (unpaired) electrons. The Morgan fingerprint density at radius 1 is 1.12 bits per heavy atom. The van der Waals surface area contributed by atoms with Crippen molar-refractivity contribution < 1.29 is 9.47 Å². The molecule has 2 rings (SSSR count). The molecule has 4 nitrogen and oxygen atoms in total. The van der Waals surface area contributed by atoms with Gasteiger partial charge in [0.15, 0.2) is 11.5 Å². The first-order valence-corrected chi connectivity index (χ1v) is 9.14. The van der Waals surface area contributed by atoms with E-state index in [1.165, 1.54) is 11.1 Å². The summed E-state index contributed by atoms with van der Waals surface area (Å²) < 4.78 is 11.2. The molecule has 1 unspecified atom stereocenters. The van der Waals surface area contributed by atoms with Gasteiger partial charge in [0, 0.05) is 19.0 Å². The Hall–Kier alpha value is -2.51. The largest absolute Gasteiger partial charge is 0.493 e. The lowest BCUT2D eigenvalue weighted by molar-refractivity contribution is 0.290. The van der Waals surface area contributed by atoms with E-state index in [0.717, 1.165) is 30.0 Å². The Bertz CT molecular complexity index is 720. The first-order chi connectivity index (χ1) is 12.7. The van der Waals surface area contributed by atoms with Crippen LogP contribution < -0.4 is 14.8 Å². The molecule has 0 heterocycles. The molecule has 2 aromatic carbocycles. The highest BCUT2D eigenvalue weighted by atomic mass is 16.5. The van der Waals surface area contributed by atoms with Crippen LogP contribution in [0, 0.1) is 18.3 Å². The molecule has 26 heavy (non-hydrogen) atoms. The zero-order chi connectivity index (χ0) is 18.8. The van der Waals surface area contributed by atoms with Gasteiger partial charge in [-0.25, -0.2) is 0 Å². The minimum atomic E-state index is 0.317. The van der Waals surface area contributed by atoms with Crippen LogP contribution >= 0.6 is 0 Å². The van der Waals surface area contributed by atoms with Crippen LogP contribution in [0.3, 0.4) is 0 Å². The van der Waals surface area contributed by atoms with Gasteiger partial charge in [0.1, 0.15) is 0 Å². The molecule has 138 valence electrons. The summed E-state index contributed by atoms with van der Waals surface area (Å²) in [5.74, 6) is 1.45. The van der Waals surface area contributed by atoms with Crippen molar-refractivity contribution in [1.29, 1.82) is 5.26 Å². The summed E-state index contributed by atoms with van der Waals surface area (Å²) in [6, 6.07) is 17.1. The van der Waals surface area contributed by atoms with E-state index in [1.54, 1.807) is 7.11 Å². The number of unbranched alkanes of at least 4 members (excludes halogenated alkanes) is 1. The molecule has 0 aliphatic carbocycles. The number of aryl methyl sites for hydroxylation is 1. The van der Waals surface area contributed by atoms with Gasteiger partial charge in [-0.15, -0.1) is 0 Å². The topological polar surface area (TPSA) is 54.3 Å². The summed E-state index contributed by atoms with van der Waals surface area (Å²) in [4.78, 5) is 0. The van der Waals surface area contributed by atoms with Crippen LogP contribution in [-0.2, 0) is 6.54 Å². The van der Waals surface area contributed by atoms with Crippen molar-refractivity contribution in [1.82, 2.24) is 5.32 Å². The predicted octanol–water partition coefficient (Wildman–Crippen LogP) is 4.93. The van der Waals surface area contributed by atoms with Gasteiger partial charge in [-0.3, -0.25) is 0 Å². The standard InChI is InChI=1S/C22H28N2O2/c1-4-20(19-10-7-17(2)8-11-19)24-16-18-9-12-21(25-3)22(15-18)26-14-6-5-13-23/h7-12,15,20,24H,4-6,14,16H2,1-3H3. The number of nitrogens with one attached hydrogen (secondary N) is 1. The molecule has 0 aliphatic heterocycles. The van der Waals surface area contributed by atoms with Crippen molar-refractivity contribution in [2.75, 3.05) is 13.7 Å². The van der Waals surface area contributed by atoms with Crippen molar-refractivity contribution in [2.45, 2.75) is 45.7 Å². The summed E-state index contributed by atoms with van der Waals surface area (Å²) in [5.41, 5.74) is 3.73. The third-order valence-corrected chi connectivity index (χ3v) is 4.36. The molecule has 1 N–H and O–H groups in total. The zero-order valence-corrected chi connectivity index (χ0v) is 15.9. The molecule has 4 heteroatoms. The summed E-state index contributed by atoms with van der Waals surface area (Å²) in [5, 5.41) is 12.2. The molecule has 0 fully saturated rings. The minimum Gasteiger partial charge on any atom is -0.493 e. The number of hydrogen-bond acceptors (Lipinski definition) is 4. The fraction of sp³-hybridized carbons (Fsp3) is 0.409. The summed E-state index contributed by atoms with van der Waals surface area (Å²) in [6.45, 7) is 5.57. The molecule has 0 aromatic heterocycles. The molecule has 0 bridgehead atoms. The third kappa shape index (κ3) is 5.79.